The molecule has 33 heavy (non-hydrogen) atoms. The molecule has 1 amide bonds. The molecule has 0 saturated heterocycles. The molecule has 4 aromatic rings. The average molecular weight is 527 g/mol. The van der Waals surface area contributed by atoms with E-state index < -0.39 is 5.91 Å². The second-order valence-electron chi connectivity index (χ2n) is 6.90. The fourth-order valence-electron chi connectivity index (χ4n) is 3.29. The zero-order chi connectivity index (χ0) is 23.4. The van der Waals surface area contributed by atoms with Crippen LogP contribution >= 0.6 is 27.3 Å². The molecule has 0 aliphatic carbocycles. The number of hydrogen-bond acceptors (Lipinski definition) is 7. The maximum Gasteiger partial charge on any atom is 0.263 e. The second-order valence-corrected chi connectivity index (χ2v) is 8.62. The van der Waals surface area contributed by atoms with Crippen molar-refractivity contribution in [2.45, 2.75) is 6.54 Å². The molecule has 0 fully saturated rings. The third-order valence-corrected chi connectivity index (χ3v) is 6.29. The van der Waals surface area contributed by atoms with Gasteiger partial charge in [0.05, 0.1) is 36.6 Å². The molecule has 8 nitrogen and oxygen atoms in total. The number of aromatic nitrogens is 2. The summed E-state index contributed by atoms with van der Waals surface area (Å²) in [6, 6.07) is 13.1. The van der Waals surface area contributed by atoms with Crippen molar-refractivity contribution in [3.05, 3.63) is 74.6 Å². The summed E-state index contributed by atoms with van der Waals surface area (Å²) in [6.07, 6.45) is 2.85. The van der Waals surface area contributed by atoms with Crippen LogP contribution in [0.3, 0.4) is 0 Å². The summed E-state index contributed by atoms with van der Waals surface area (Å²) in [6.45, 7) is -0.210. The third-order valence-electron chi connectivity index (χ3n) is 4.82. The SMILES string of the molecule is COc1cc(/C=N/NC(=O)Cn2cnc3scc(-c4ccccc4)c3c2=O)cc(Br)c1OC. The number of amides is 1. The Morgan fingerprint density at radius 2 is 2.03 bits per heavy atom. The van der Waals surface area contributed by atoms with Gasteiger partial charge >= 0.3 is 0 Å². The van der Waals surface area contributed by atoms with E-state index in [1.165, 1.54) is 35.6 Å². The first kappa shape index (κ1) is 22.7. The number of carbonyl (C=O) groups is 1. The molecule has 0 radical (unpaired) electrons. The van der Waals surface area contributed by atoms with Crippen molar-refractivity contribution < 1.29 is 14.3 Å². The number of carbonyl (C=O) groups excluding carboxylic acids is 1. The fourth-order valence-corrected chi connectivity index (χ4v) is 4.82. The lowest BCUT2D eigenvalue weighted by atomic mass is 10.1. The molecule has 0 spiro atoms. The van der Waals surface area contributed by atoms with Crippen molar-refractivity contribution in [2.75, 3.05) is 14.2 Å². The summed E-state index contributed by atoms with van der Waals surface area (Å²) in [5.74, 6) is 0.630. The van der Waals surface area contributed by atoms with Crippen molar-refractivity contribution in [1.29, 1.82) is 0 Å². The van der Waals surface area contributed by atoms with Gasteiger partial charge in [-0.05, 0) is 39.2 Å². The fraction of sp³-hybridized carbons (Fsp3) is 0.130. The molecule has 0 saturated carbocycles. The van der Waals surface area contributed by atoms with Gasteiger partial charge in [-0.15, -0.1) is 11.3 Å². The van der Waals surface area contributed by atoms with Gasteiger partial charge in [-0.1, -0.05) is 30.3 Å². The third kappa shape index (κ3) is 4.81. The predicted molar refractivity (Wildman–Crippen MR) is 132 cm³/mol. The van der Waals surface area contributed by atoms with Crippen molar-refractivity contribution in [2.24, 2.45) is 5.10 Å². The average Bonchev–Trinajstić information content (AvgIpc) is 3.26. The summed E-state index contributed by atoms with van der Waals surface area (Å²) < 4.78 is 12.5. The van der Waals surface area contributed by atoms with Gasteiger partial charge in [0.15, 0.2) is 11.5 Å². The van der Waals surface area contributed by atoms with Crippen LogP contribution in [0.15, 0.2) is 68.5 Å². The lowest BCUT2D eigenvalue weighted by molar-refractivity contribution is -0.121. The molecule has 0 bridgehead atoms. The Kier molecular flexibility index (Phi) is 6.85. The molecular formula is C23H19BrN4O4S. The smallest absolute Gasteiger partial charge is 0.263 e. The summed E-state index contributed by atoms with van der Waals surface area (Å²) >= 11 is 4.81. The Bertz CT molecular complexity index is 1400. The minimum Gasteiger partial charge on any atom is -0.493 e. The van der Waals surface area contributed by atoms with Crippen LogP contribution in [0.1, 0.15) is 5.56 Å². The van der Waals surface area contributed by atoms with Crippen LogP contribution in [0.25, 0.3) is 21.3 Å². The van der Waals surface area contributed by atoms with E-state index in [1.54, 1.807) is 19.2 Å². The maximum atomic E-state index is 13.1. The Labute approximate surface area is 201 Å². The highest BCUT2D eigenvalue weighted by Gasteiger charge is 2.14. The summed E-state index contributed by atoms with van der Waals surface area (Å²) in [5.41, 5.74) is 4.58. The zero-order valence-corrected chi connectivity index (χ0v) is 20.1. The molecule has 2 aromatic heterocycles. The number of benzene rings is 2. The number of halogens is 1. The first-order valence-electron chi connectivity index (χ1n) is 9.77. The lowest BCUT2D eigenvalue weighted by Crippen LogP contribution is -2.30. The molecule has 4 rings (SSSR count). The number of ether oxygens (including phenoxy) is 2. The second kappa shape index (κ2) is 9.97. The largest absolute Gasteiger partial charge is 0.493 e. The van der Waals surface area contributed by atoms with Crippen molar-refractivity contribution in [3.8, 4) is 22.6 Å². The molecule has 2 aromatic carbocycles. The monoisotopic (exact) mass is 526 g/mol. The highest BCUT2D eigenvalue weighted by atomic mass is 79.9. The van der Waals surface area contributed by atoms with E-state index in [1.807, 2.05) is 35.7 Å². The molecule has 168 valence electrons. The molecule has 0 atom stereocenters. The van der Waals surface area contributed by atoms with E-state index >= 15 is 0 Å². The van der Waals surface area contributed by atoms with E-state index in [2.05, 4.69) is 31.4 Å². The standard InChI is InChI=1S/C23H19BrN4O4S/c1-31-18-9-14(8-17(24)21(18)32-2)10-26-27-19(29)11-28-13-25-22-20(23(28)30)16(12-33-22)15-6-4-3-5-7-15/h3-10,12-13H,11H2,1-2H3,(H,27,29)/b26-10+. The van der Waals surface area contributed by atoms with Crippen molar-refractivity contribution in [3.63, 3.8) is 0 Å². The van der Waals surface area contributed by atoms with Crippen LogP contribution in [0.5, 0.6) is 11.5 Å². The highest BCUT2D eigenvalue weighted by Crippen LogP contribution is 2.35. The minimum absolute atomic E-state index is 0.210. The van der Waals surface area contributed by atoms with Crippen LogP contribution in [-0.4, -0.2) is 35.9 Å². The molecule has 1 N–H and O–H groups in total. The van der Waals surface area contributed by atoms with Gasteiger partial charge in [0.25, 0.3) is 11.5 Å². The van der Waals surface area contributed by atoms with Gasteiger partial charge in [0, 0.05) is 10.9 Å². The number of nitrogens with one attached hydrogen (secondary N) is 1. The first-order chi connectivity index (χ1) is 16.0. The summed E-state index contributed by atoms with van der Waals surface area (Å²) in [4.78, 5) is 30.5. The first-order valence-corrected chi connectivity index (χ1v) is 11.4. The summed E-state index contributed by atoms with van der Waals surface area (Å²) in [5, 5.41) is 6.39. The number of thiophene rings is 1. The van der Waals surface area contributed by atoms with Gasteiger partial charge in [-0.3, -0.25) is 14.2 Å². The van der Waals surface area contributed by atoms with Crippen LogP contribution in [0.2, 0.25) is 0 Å². The van der Waals surface area contributed by atoms with E-state index in [-0.39, 0.29) is 12.1 Å². The lowest BCUT2D eigenvalue weighted by Gasteiger charge is -2.10. The van der Waals surface area contributed by atoms with Gasteiger partial charge in [0.1, 0.15) is 11.4 Å². The normalized spacial score (nSPS) is 11.1. The summed E-state index contributed by atoms with van der Waals surface area (Å²) in [7, 11) is 3.08. The van der Waals surface area contributed by atoms with E-state index in [4.69, 9.17) is 9.47 Å². The minimum atomic E-state index is -0.453. The maximum absolute atomic E-state index is 13.1. The van der Waals surface area contributed by atoms with Crippen molar-refractivity contribution in [1.82, 2.24) is 15.0 Å². The van der Waals surface area contributed by atoms with Gasteiger partial charge in [-0.2, -0.15) is 5.10 Å². The Balaban J connectivity index is 1.51. The van der Waals surface area contributed by atoms with Gasteiger partial charge < -0.3 is 9.47 Å². The van der Waals surface area contributed by atoms with E-state index in [0.29, 0.717) is 31.8 Å². The molecule has 0 unspecified atom stereocenters. The zero-order valence-electron chi connectivity index (χ0n) is 17.7. The number of nitrogens with zero attached hydrogens (tertiary/aromatic N) is 3. The number of rotatable bonds is 7. The number of methoxy groups -OCH3 is 2. The number of hydrogen-bond donors (Lipinski definition) is 1. The molecule has 0 aliphatic rings. The topological polar surface area (TPSA) is 94.8 Å². The number of hydrazone groups is 1. The molecule has 2 heterocycles. The van der Waals surface area contributed by atoms with Gasteiger partial charge in [-0.25, -0.2) is 10.4 Å². The Morgan fingerprint density at radius 3 is 2.76 bits per heavy atom. The highest BCUT2D eigenvalue weighted by molar-refractivity contribution is 9.10. The van der Waals surface area contributed by atoms with Crippen molar-refractivity contribution >= 4 is 49.6 Å². The predicted octanol–water partition coefficient (Wildman–Crippen LogP) is 4.06. The quantitative estimate of drug-likeness (QED) is 0.289. The Morgan fingerprint density at radius 1 is 1.24 bits per heavy atom. The van der Waals surface area contributed by atoms with E-state index in [9.17, 15) is 9.59 Å². The molecule has 0 aliphatic heterocycles. The molecule has 10 heteroatoms. The van der Waals surface area contributed by atoms with Gasteiger partial charge in [0.2, 0.25) is 0 Å². The van der Waals surface area contributed by atoms with Crippen LogP contribution in [0, 0.1) is 0 Å². The van der Waals surface area contributed by atoms with Crippen LogP contribution < -0.4 is 20.5 Å². The van der Waals surface area contributed by atoms with Crippen LogP contribution in [-0.2, 0) is 11.3 Å². The van der Waals surface area contributed by atoms with E-state index in [0.717, 1.165) is 11.1 Å². The van der Waals surface area contributed by atoms with Crippen LogP contribution in [0.4, 0.5) is 0 Å². The number of fused-ring (bicyclic) bond motifs is 1. The molecular weight excluding hydrogens is 508 g/mol. The Hall–Kier alpha value is -3.50.